The summed E-state index contributed by atoms with van der Waals surface area (Å²) in [7, 11) is 0. The number of aryl methyl sites for hydroxylation is 1. The van der Waals surface area contributed by atoms with E-state index in [0.717, 1.165) is 35.6 Å². The molecule has 2 aromatic rings. The number of nitrogens with one attached hydrogen (secondary N) is 2. The molecule has 6 heteroatoms. The number of benzene rings is 1. The molecule has 1 aromatic heterocycles. The lowest BCUT2D eigenvalue weighted by Gasteiger charge is -2.21. The van der Waals surface area contributed by atoms with Crippen molar-refractivity contribution in [3.63, 3.8) is 0 Å². The lowest BCUT2D eigenvalue weighted by atomic mass is 10.1. The van der Waals surface area contributed by atoms with Crippen LogP contribution >= 0.6 is 11.8 Å². The zero-order valence-corrected chi connectivity index (χ0v) is 14.2. The number of thioether (sulfide) groups is 1. The molecule has 23 heavy (non-hydrogen) atoms. The Labute approximate surface area is 140 Å². The van der Waals surface area contributed by atoms with E-state index in [1.807, 2.05) is 12.1 Å². The Balaban J connectivity index is 1.40. The summed E-state index contributed by atoms with van der Waals surface area (Å²) < 4.78 is 5.66. The standard InChI is InChI=1S/C17H23N3O2S/c1-12-5-6-14-15(8-12)20-16(19-14)9-18-17(21)11-23-10-13-4-2-3-7-22-13/h5-6,8,13H,2-4,7,9-11H2,1H3,(H,18,21)(H,19,20). The van der Waals surface area contributed by atoms with Crippen molar-refractivity contribution in [2.75, 3.05) is 18.1 Å². The quantitative estimate of drug-likeness (QED) is 0.853. The summed E-state index contributed by atoms with van der Waals surface area (Å²) in [5.41, 5.74) is 3.14. The van der Waals surface area contributed by atoms with Crippen LogP contribution in [0.1, 0.15) is 30.7 Å². The molecule has 0 spiro atoms. The van der Waals surface area contributed by atoms with Crippen molar-refractivity contribution in [1.82, 2.24) is 15.3 Å². The van der Waals surface area contributed by atoms with E-state index < -0.39 is 0 Å². The number of imidazole rings is 1. The van der Waals surface area contributed by atoms with Crippen LogP contribution in [0.25, 0.3) is 11.0 Å². The van der Waals surface area contributed by atoms with E-state index in [1.165, 1.54) is 18.4 Å². The Bertz CT molecular complexity index is 665. The van der Waals surface area contributed by atoms with Crippen LogP contribution in [0.2, 0.25) is 0 Å². The van der Waals surface area contributed by atoms with Gasteiger partial charge in [-0.05, 0) is 43.9 Å². The molecule has 2 heterocycles. The highest BCUT2D eigenvalue weighted by Crippen LogP contribution is 2.17. The summed E-state index contributed by atoms with van der Waals surface area (Å²) in [5, 5.41) is 2.92. The summed E-state index contributed by atoms with van der Waals surface area (Å²) in [6.45, 7) is 3.35. The van der Waals surface area contributed by atoms with Crippen molar-refractivity contribution >= 4 is 28.7 Å². The summed E-state index contributed by atoms with van der Waals surface area (Å²) >= 11 is 1.64. The summed E-state index contributed by atoms with van der Waals surface area (Å²) in [5.74, 6) is 2.21. The number of nitrogens with zero attached hydrogens (tertiary/aromatic N) is 1. The van der Waals surface area contributed by atoms with Gasteiger partial charge in [-0.15, -0.1) is 11.8 Å². The Hall–Kier alpha value is -1.53. The number of H-pyrrole nitrogens is 1. The molecule has 124 valence electrons. The number of amides is 1. The fraction of sp³-hybridized carbons (Fsp3) is 0.529. The molecular weight excluding hydrogens is 310 g/mol. The molecule has 1 atom stereocenters. The molecule has 5 nitrogen and oxygen atoms in total. The maximum Gasteiger partial charge on any atom is 0.230 e. The molecule has 1 fully saturated rings. The van der Waals surface area contributed by atoms with Gasteiger partial charge in [0.05, 0.1) is 29.4 Å². The highest BCUT2D eigenvalue weighted by molar-refractivity contribution is 7.99. The van der Waals surface area contributed by atoms with Crippen LogP contribution in [-0.2, 0) is 16.1 Å². The van der Waals surface area contributed by atoms with Crippen molar-refractivity contribution < 1.29 is 9.53 Å². The fourth-order valence-corrected chi connectivity index (χ4v) is 3.65. The van der Waals surface area contributed by atoms with Gasteiger partial charge in [-0.1, -0.05) is 6.07 Å². The molecule has 0 radical (unpaired) electrons. The molecule has 1 aliphatic rings. The number of rotatable bonds is 6. The highest BCUT2D eigenvalue weighted by Gasteiger charge is 2.14. The predicted molar refractivity (Wildman–Crippen MR) is 93.6 cm³/mol. The smallest absolute Gasteiger partial charge is 0.230 e. The maximum absolute atomic E-state index is 11.9. The van der Waals surface area contributed by atoms with Crippen LogP contribution in [0.5, 0.6) is 0 Å². The zero-order chi connectivity index (χ0) is 16.1. The molecule has 0 saturated carbocycles. The van der Waals surface area contributed by atoms with E-state index in [1.54, 1.807) is 11.8 Å². The summed E-state index contributed by atoms with van der Waals surface area (Å²) in [6, 6.07) is 6.09. The van der Waals surface area contributed by atoms with E-state index in [2.05, 4.69) is 28.3 Å². The number of aromatic amines is 1. The lowest BCUT2D eigenvalue weighted by molar-refractivity contribution is -0.118. The van der Waals surface area contributed by atoms with Crippen LogP contribution in [0.15, 0.2) is 18.2 Å². The molecule has 1 aliphatic heterocycles. The molecule has 0 bridgehead atoms. The molecule has 3 rings (SSSR count). The van der Waals surface area contributed by atoms with Crippen LogP contribution in [0, 0.1) is 6.92 Å². The maximum atomic E-state index is 11.9. The monoisotopic (exact) mass is 333 g/mol. The first-order chi connectivity index (χ1) is 11.2. The van der Waals surface area contributed by atoms with Gasteiger partial charge in [0.15, 0.2) is 0 Å². The number of carbonyl (C=O) groups is 1. The minimum absolute atomic E-state index is 0.0439. The highest BCUT2D eigenvalue weighted by atomic mass is 32.2. The number of hydrogen-bond donors (Lipinski definition) is 2. The third kappa shape index (κ3) is 4.72. The first kappa shape index (κ1) is 16.3. The third-order valence-corrected chi connectivity index (χ3v) is 5.02. The van der Waals surface area contributed by atoms with Crippen LogP contribution in [0.4, 0.5) is 0 Å². The summed E-state index contributed by atoms with van der Waals surface area (Å²) in [6.07, 6.45) is 3.84. The molecule has 1 aromatic carbocycles. The molecule has 1 unspecified atom stereocenters. The fourth-order valence-electron chi connectivity index (χ4n) is 2.72. The van der Waals surface area contributed by atoms with E-state index in [0.29, 0.717) is 18.4 Å². The van der Waals surface area contributed by atoms with Gasteiger partial charge < -0.3 is 15.0 Å². The van der Waals surface area contributed by atoms with Crippen LogP contribution in [-0.4, -0.2) is 40.1 Å². The van der Waals surface area contributed by atoms with Gasteiger partial charge >= 0.3 is 0 Å². The van der Waals surface area contributed by atoms with Gasteiger partial charge in [-0.2, -0.15) is 0 Å². The van der Waals surface area contributed by atoms with E-state index in [4.69, 9.17) is 4.74 Å². The molecule has 2 N–H and O–H groups in total. The Kier molecular flexibility index (Phi) is 5.56. The molecule has 0 aliphatic carbocycles. The van der Waals surface area contributed by atoms with Crippen molar-refractivity contribution in [1.29, 1.82) is 0 Å². The summed E-state index contributed by atoms with van der Waals surface area (Å²) in [4.78, 5) is 19.6. The van der Waals surface area contributed by atoms with Crippen molar-refractivity contribution in [3.05, 3.63) is 29.6 Å². The average molecular weight is 333 g/mol. The van der Waals surface area contributed by atoms with Gasteiger partial charge in [0.2, 0.25) is 5.91 Å². The lowest BCUT2D eigenvalue weighted by Crippen LogP contribution is -2.27. The average Bonchev–Trinajstić information content (AvgIpc) is 2.96. The van der Waals surface area contributed by atoms with Crippen molar-refractivity contribution in [2.24, 2.45) is 0 Å². The van der Waals surface area contributed by atoms with E-state index in [-0.39, 0.29) is 5.91 Å². The van der Waals surface area contributed by atoms with Gasteiger partial charge in [-0.25, -0.2) is 4.98 Å². The largest absolute Gasteiger partial charge is 0.377 e. The Morgan fingerprint density at radius 1 is 1.48 bits per heavy atom. The van der Waals surface area contributed by atoms with Crippen molar-refractivity contribution in [3.8, 4) is 0 Å². The van der Waals surface area contributed by atoms with Gasteiger partial charge in [0.25, 0.3) is 0 Å². The second-order valence-electron chi connectivity index (χ2n) is 5.98. The number of carbonyl (C=O) groups excluding carboxylic acids is 1. The minimum Gasteiger partial charge on any atom is -0.377 e. The molecular formula is C17H23N3O2S. The second-order valence-corrected chi connectivity index (χ2v) is 7.01. The van der Waals surface area contributed by atoms with E-state index in [9.17, 15) is 4.79 Å². The molecule has 1 saturated heterocycles. The zero-order valence-electron chi connectivity index (χ0n) is 13.4. The first-order valence-electron chi connectivity index (χ1n) is 8.12. The topological polar surface area (TPSA) is 67.0 Å². The molecule has 1 amide bonds. The second kappa shape index (κ2) is 7.84. The van der Waals surface area contributed by atoms with Gasteiger partial charge in [0.1, 0.15) is 5.82 Å². The predicted octanol–water partition coefficient (Wildman–Crippen LogP) is 2.79. The minimum atomic E-state index is 0.0439. The van der Waals surface area contributed by atoms with Gasteiger partial charge in [0, 0.05) is 12.4 Å². The normalized spacial score (nSPS) is 18.2. The number of fused-ring (bicyclic) bond motifs is 1. The van der Waals surface area contributed by atoms with Crippen LogP contribution in [0.3, 0.4) is 0 Å². The van der Waals surface area contributed by atoms with Gasteiger partial charge in [-0.3, -0.25) is 4.79 Å². The third-order valence-electron chi connectivity index (χ3n) is 3.95. The first-order valence-corrected chi connectivity index (χ1v) is 9.27. The van der Waals surface area contributed by atoms with Crippen LogP contribution < -0.4 is 5.32 Å². The Morgan fingerprint density at radius 2 is 2.39 bits per heavy atom. The number of aromatic nitrogens is 2. The number of hydrogen-bond acceptors (Lipinski definition) is 4. The Morgan fingerprint density at radius 3 is 3.22 bits per heavy atom. The number of ether oxygens (including phenoxy) is 1. The van der Waals surface area contributed by atoms with Crippen molar-refractivity contribution in [2.45, 2.75) is 38.8 Å². The SMILES string of the molecule is Cc1ccc2nc(CNC(=O)CSCC3CCCCO3)[nH]c2c1. The van der Waals surface area contributed by atoms with E-state index >= 15 is 0 Å².